The van der Waals surface area contributed by atoms with E-state index < -0.39 is 0 Å². The Labute approximate surface area is 190 Å². The molecule has 1 heterocycles. The third kappa shape index (κ3) is 6.60. The van der Waals surface area contributed by atoms with Gasteiger partial charge < -0.3 is 4.74 Å². The molecule has 1 fully saturated rings. The minimum atomic E-state index is -0.213. The number of benzene rings is 3. The van der Waals surface area contributed by atoms with Crippen molar-refractivity contribution in [1.29, 1.82) is 0 Å². The predicted octanol–water partition coefficient (Wildman–Crippen LogP) is 5.34. The second-order valence-electron chi connectivity index (χ2n) is 8.17. The molecule has 0 saturated carbocycles. The zero-order valence-corrected chi connectivity index (χ0v) is 18.5. The molecule has 0 aliphatic carbocycles. The lowest BCUT2D eigenvalue weighted by Gasteiger charge is -2.34. The lowest BCUT2D eigenvalue weighted by molar-refractivity contribution is 0.0712. The summed E-state index contributed by atoms with van der Waals surface area (Å²) >= 11 is 0. The molecule has 0 bridgehead atoms. The van der Waals surface area contributed by atoms with E-state index in [0.29, 0.717) is 13.2 Å². The van der Waals surface area contributed by atoms with Crippen molar-refractivity contribution in [3.8, 4) is 11.1 Å². The molecule has 3 nitrogen and oxygen atoms in total. The van der Waals surface area contributed by atoms with Crippen molar-refractivity contribution in [3.05, 3.63) is 102 Å². The van der Waals surface area contributed by atoms with Gasteiger partial charge in [0.15, 0.2) is 0 Å². The van der Waals surface area contributed by atoms with Gasteiger partial charge in [-0.2, -0.15) is 0 Å². The lowest BCUT2D eigenvalue weighted by atomic mass is 10.0. The van der Waals surface area contributed by atoms with Gasteiger partial charge in [0.1, 0.15) is 5.82 Å². The Bertz CT molecular complexity index is 980. The fourth-order valence-corrected chi connectivity index (χ4v) is 4.03. The zero-order chi connectivity index (χ0) is 22.0. The number of halogens is 1. The van der Waals surface area contributed by atoms with Crippen molar-refractivity contribution in [1.82, 2.24) is 9.80 Å². The number of hydrogen-bond acceptors (Lipinski definition) is 3. The molecule has 0 spiro atoms. The SMILES string of the molecule is Fc1ccc(-c2ccccc2COCCN2CCN(CC=Cc3ccccc3)CC2)cc1. The Balaban J connectivity index is 1.17. The van der Waals surface area contributed by atoms with Crippen LogP contribution in [0, 0.1) is 5.82 Å². The highest BCUT2D eigenvalue weighted by Gasteiger charge is 2.15. The molecule has 1 aliphatic heterocycles. The Morgan fingerprint density at radius 1 is 0.781 bits per heavy atom. The van der Waals surface area contributed by atoms with Crippen molar-refractivity contribution in [2.24, 2.45) is 0 Å². The summed E-state index contributed by atoms with van der Waals surface area (Å²) in [6.45, 7) is 7.57. The van der Waals surface area contributed by atoms with Gasteiger partial charge in [0.05, 0.1) is 13.2 Å². The van der Waals surface area contributed by atoms with Gasteiger partial charge >= 0.3 is 0 Å². The van der Waals surface area contributed by atoms with Crippen LogP contribution in [-0.2, 0) is 11.3 Å². The summed E-state index contributed by atoms with van der Waals surface area (Å²) in [5.41, 5.74) is 4.51. The second kappa shape index (κ2) is 11.7. The first-order valence-electron chi connectivity index (χ1n) is 11.4. The first kappa shape index (κ1) is 22.4. The van der Waals surface area contributed by atoms with E-state index in [4.69, 9.17) is 4.74 Å². The van der Waals surface area contributed by atoms with Gasteiger partial charge in [0.25, 0.3) is 0 Å². The third-order valence-corrected chi connectivity index (χ3v) is 5.92. The minimum Gasteiger partial charge on any atom is -0.375 e. The molecule has 166 valence electrons. The van der Waals surface area contributed by atoms with Gasteiger partial charge in [-0.25, -0.2) is 4.39 Å². The molecule has 4 heteroatoms. The minimum absolute atomic E-state index is 0.213. The Morgan fingerprint density at radius 3 is 2.25 bits per heavy atom. The van der Waals surface area contributed by atoms with Gasteiger partial charge in [-0.3, -0.25) is 9.80 Å². The summed E-state index contributed by atoms with van der Waals surface area (Å²) in [4.78, 5) is 4.97. The summed E-state index contributed by atoms with van der Waals surface area (Å²) in [6.07, 6.45) is 4.46. The number of piperazine rings is 1. The summed E-state index contributed by atoms with van der Waals surface area (Å²) in [5, 5.41) is 0. The van der Waals surface area contributed by atoms with Gasteiger partial charge in [0, 0.05) is 39.3 Å². The van der Waals surface area contributed by atoms with Crippen molar-refractivity contribution >= 4 is 6.08 Å². The molecule has 4 rings (SSSR count). The zero-order valence-electron chi connectivity index (χ0n) is 18.5. The lowest BCUT2D eigenvalue weighted by Crippen LogP contribution is -2.47. The number of hydrogen-bond donors (Lipinski definition) is 0. The first-order valence-corrected chi connectivity index (χ1v) is 11.4. The molecular weight excluding hydrogens is 399 g/mol. The fraction of sp³-hybridized carbons (Fsp3) is 0.286. The summed E-state index contributed by atoms with van der Waals surface area (Å²) < 4.78 is 19.3. The smallest absolute Gasteiger partial charge is 0.123 e. The molecule has 0 unspecified atom stereocenters. The van der Waals surface area contributed by atoms with Gasteiger partial charge in [-0.15, -0.1) is 0 Å². The summed E-state index contributed by atoms with van der Waals surface area (Å²) in [7, 11) is 0. The van der Waals surface area contributed by atoms with Crippen LogP contribution in [0.25, 0.3) is 17.2 Å². The van der Waals surface area contributed by atoms with Crippen LogP contribution in [0.5, 0.6) is 0 Å². The largest absolute Gasteiger partial charge is 0.375 e. The highest BCUT2D eigenvalue weighted by atomic mass is 19.1. The van der Waals surface area contributed by atoms with Crippen LogP contribution in [-0.4, -0.2) is 55.7 Å². The summed E-state index contributed by atoms with van der Waals surface area (Å²) in [6, 6.07) is 25.3. The average Bonchev–Trinajstić information content (AvgIpc) is 2.84. The maximum atomic E-state index is 13.2. The highest BCUT2D eigenvalue weighted by Crippen LogP contribution is 2.24. The Morgan fingerprint density at radius 2 is 1.47 bits per heavy atom. The predicted molar refractivity (Wildman–Crippen MR) is 130 cm³/mol. The summed E-state index contributed by atoms with van der Waals surface area (Å²) in [5.74, 6) is -0.213. The highest BCUT2D eigenvalue weighted by molar-refractivity contribution is 5.67. The molecule has 0 aromatic heterocycles. The first-order chi connectivity index (χ1) is 15.8. The van der Waals surface area contributed by atoms with Crippen LogP contribution in [0.2, 0.25) is 0 Å². The van der Waals surface area contributed by atoms with Gasteiger partial charge in [0.2, 0.25) is 0 Å². The van der Waals surface area contributed by atoms with Gasteiger partial charge in [-0.05, 0) is 34.4 Å². The molecule has 1 saturated heterocycles. The quantitative estimate of drug-likeness (QED) is 0.426. The van der Waals surface area contributed by atoms with Crippen LogP contribution >= 0.6 is 0 Å². The molecule has 0 radical (unpaired) electrons. The fourth-order valence-electron chi connectivity index (χ4n) is 4.03. The Hall–Kier alpha value is -2.79. The molecule has 3 aromatic carbocycles. The van der Waals surface area contributed by atoms with Crippen molar-refractivity contribution in [3.63, 3.8) is 0 Å². The van der Waals surface area contributed by atoms with E-state index in [1.807, 2.05) is 30.3 Å². The molecule has 0 N–H and O–H groups in total. The van der Waals surface area contributed by atoms with Crippen molar-refractivity contribution < 1.29 is 9.13 Å². The number of ether oxygens (including phenoxy) is 1. The second-order valence-corrected chi connectivity index (χ2v) is 8.17. The van der Waals surface area contributed by atoms with E-state index in [-0.39, 0.29) is 5.82 Å². The molecule has 3 aromatic rings. The van der Waals surface area contributed by atoms with E-state index in [1.165, 1.54) is 17.7 Å². The van der Waals surface area contributed by atoms with Crippen LogP contribution < -0.4 is 0 Å². The molecule has 0 amide bonds. The molecule has 1 aliphatic rings. The standard InChI is InChI=1S/C28H31FN2O/c29-27-14-12-25(13-15-27)28-11-5-4-10-26(28)23-32-22-21-31-19-17-30(18-20-31)16-6-9-24-7-2-1-3-8-24/h1-15H,16-23H2. The van der Waals surface area contributed by atoms with Crippen LogP contribution in [0.15, 0.2) is 84.9 Å². The van der Waals surface area contributed by atoms with E-state index in [9.17, 15) is 4.39 Å². The van der Waals surface area contributed by atoms with E-state index >= 15 is 0 Å². The maximum Gasteiger partial charge on any atom is 0.123 e. The van der Waals surface area contributed by atoms with Crippen molar-refractivity contribution in [2.45, 2.75) is 6.61 Å². The molecule has 32 heavy (non-hydrogen) atoms. The average molecular weight is 431 g/mol. The third-order valence-electron chi connectivity index (χ3n) is 5.92. The normalized spacial score (nSPS) is 15.4. The topological polar surface area (TPSA) is 15.7 Å². The van der Waals surface area contributed by atoms with E-state index in [1.54, 1.807) is 0 Å². The van der Waals surface area contributed by atoms with Gasteiger partial charge in [-0.1, -0.05) is 78.9 Å². The van der Waals surface area contributed by atoms with Crippen LogP contribution in [0.3, 0.4) is 0 Å². The number of nitrogens with zero attached hydrogens (tertiary/aromatic N) is 2. The van der Waals surface area contributed by atoms with E-state index in [2.05, 4.69) is 58.4 Å². The maximum absolute atomic E-state index is 13.2. The monoisotopic (exact) mass is 430 g/mol. The van der Waals surface area contributed by atoms with Crippen LogP contribution in [0.4, 0.5) is 4.39 Å². The van der Waals surface area contributed by atoms with Crippen molar-refractivity contribution in [2.75, 3.05) is 45.9 Å². The Kier molecular flexibility index (Phi) is 8.21. The molecule has 0 atom stereocenters. The molecular formula is C28H31FN2O. The number of rotatable bonds is 9. The van der Waals surface area contributed by atoms with Crippen LogP contribution in [0.1, 0.15) is 11.1 Å². The van der Waals surface area contributed by atoms with E-state index in [0.717, 1.165) is 56.0 Å².